The van der Waals surface area contributed by atoms with E-state index < -0.39 is 8.32 Å². The first kappa shape index (κ1) is 18.2. The van der Waals surface area contributed by atoms with E-state index in [0.717, 1.165) is 22.9 Å². The van der Waals surface area contributed by atoms with Crippen molar-refractivity contribution in [2.45, 2.75) is 51.4 Å². The molecular formula is C17H28N4O3Si. The van der Waals surface area contributed by atoms with Gasteiger partial charge in [-0.05, 0) is 30.3 Å². The standard InChI is InChI=1S/C17H28N4O3Si/c1-17(2,3)25(4,5)24-9-7-13-6-8-20(18-13)14-10-15-12-19(11-14)16(22)21(15)23/h6,8,10,15,23H,7,9,11-12H2,1-5H3. The van der Waals surface area contributed by atoms with Crippen molar-refractivity contribution in [3.05, 3.63) is 24.0 Å². The van der Waals surface area contributed by atoms with E-state index in [2.05, 4.69) is 39.0 Å². The summed E-state index contributed by atoms with van der Waals surface area (Å²) in [7, 11) is -1.73. The number of rotatable bonds is 5. The predicted molar refractivity (Wildman–Crippen MR) is 97.7 cm³/mol. The molecule has 1 fully saturated rings. The molecule has 1 atom stereocenters. The number of hydroxylamine groups is 2. The third kappa shape index (κ3) is 3.51. The van der Waals surface area contributed by atoms with Crippen LogP contribution in [0.3, 0.4) is 0 Å². The van der Waals surface area contributed by atoms with E-state index in [9.17, 15) is 10.0 Å². The summed E-state index contributed by atoms with van der Waals surface area (Å²) in [5.74, 6) is 0. The van der Waals surface area contributed by atoms with Crippen LogP contribution in [0.15, 0.2) is 18.3 Å². The number of carbonyl (C=O) groups excluding carboxylic acids is 1. The smallest absolute Gasteiger partial charge is 0.344 e. The van der Waals surface area contributed by atoms with Crippen LogP contribution in [0, 0.1) is 0 Å². The van der Waals surface area contributed by atoms with Gasteiger partial charge in [0.15, 0.2) is 8.32 Å². The SMILES string of the molecule is CC(C)(C)[Si](C)(C)OCCc1ccn(C2=CC3CN(C2)C(=O)N3O)n1. The molecule has 0 spiro atoms. The van der Waals surface area contributed by atoms with Crippen molar-refractivity contribution in [2.75, 3.05) is 19.7 Å². The molecule has 7 nitrogen and oxygen atoms in total. The molecule has 2 bridgehead atoms. The van der Waals surface area contributed by atoms with Crippen molar-refractivity contribution in [1.29, 1.82) is 0 Å². The van der Waals surface area contributed by atoms with Gasteiger partial charge in [-0.1, -0.05) is 20.8 Å². The van der Waals surface area contributed by atoms with Crippen LogP contribution >= 0.6 is 0 Å². The van der Waals surface area contributed by atoms with Gasteiger partial charge in [0.1, 0.15) is 0 Å². The van der Waals surface area contributed by atoms with Crippen molar-refractivity contribution >= 4 is 20.0 Å². The van der Waals surface area contributed by atoms with Crippen molar-refractivity contribution in [3.63, 3.8) is 0 Å². The van der Waals surface area contributed by atoms with Gasteiger partial charge in [-0.3, -0.25) is 5.21 Å². The van der Waals surface area contributed by atoms with Crippen LogP contribution in [-0.4, -0.2) is 65.0 Å². The number of hydrogen-bond acceptors (Lipinski definition) is 4. The van der Waals surface area contributed by atoms with Gasteiger partial charge in [-0.2, -0.15) is 10.2 Å². The Balaban J connectivity index is 1.61. The molecule has 3 rings (SSSR count). The van der Waals surface area contributed by atoms with Crippen molar-refractivity contribution in [3.8, 4) is 0 Å². The Kier molecular flexibility index (Phi) is 4.55. The summed E-state index contributed by atoms with van der Waals surface area (Å²) in [6.45, 7) is 12.9. The molecule has 0 aromatic carbocycles. The summed E-state index contributed by atoms with van der Waals surface area (Å²) in [5.41, 5.74) is 1.89. The fraction of sp³-hybridized carbons (Fsp3) is 0.647. The first-order valence-corrected chi connectivity index (χ1v) is 11.7. The van der Waals surface area contributed by atoms with Crippen molar-refractivity contribution < 1.29 is 14.4 Å². The third-order valence-corrected chi connectivity index (χ3v) is 10.0. The van der Waals surface area contributed by atoms with Crippen molar-refractivity contribution in [2.24, 2.45) is 0 Å². The van der Waals surface area contributed by atoms with Gasteiger partial charge in [-0.25, -0.2) is 9.48 Å². The average Bonchev–Trinajstić information content (AvgIpc) is 3.07. The highest BCUT2D eigenvalue weighted by Gasteiger charge is 2.40. The molecule has 2 amide bonds. The van der Waals surface area contributed by atoms with E-state index in [4.69, 9.17) is 4.43 Å². The molecule has 1 aromatic rings. The fourth-order valence-electron chi connectivity index (χ4n) is 2.82. The Morgan fingerprint density at radius 1 is 1.40 bits per heavy atom. The van der Waals surface area contributed by atoms with Crippen LogP contribution in [0.2, 0.25) is 18.1 Å². The zero-order valence-corrected chi connectivity index (χ0v) is 16.7. The van der Waals surface area contributed by atoms with E-state index in [1.807, 2.05) is 18.3 Å². The fourth-order valence-corrected chi connectivity index (χ4v) is 3.87. The minimum absolute atomic E-state index is 0.204. The van der Waals surface area contributed by atoms with Gasteiger partial charge in [0.25, 0.3) is 0 Å². The topological polar surface area (TPSA) is 70.8 Å². The number of urea groups is 1. The monoisotopic (exact) mass is 364 g/mol. The Bertz CT molecular complexity index is 692. The number of amides is 2. The molecular weight excluding hydrogens is 336 g/mol. The summed E-state index contributed by atoms with van der Waals surface area (Å²) >= 11 is 0. The second kappa shape index (κ2) is 6.26. The summed E-state index contributed by atoms with van der Waals surface area (Å²) in [6.07, 6.45) is 4.58. The zero-order chi connectivity index (χ0) is 18.4. The van der Waals surface area contributed by atoms with Gasteiger partial charge < -0.3 is 9.33 Å². The highest BCUT2D eigenvalue weighted by molar-refractivity contribution is 6.74. The second-order valence-electron chi connectivity index (χ2n) is 8.34. The zero-order valence-electron chi connectivity index (χ0n) is 15.7. The Hall–Kier alpha value is -1.64. The van der Waals surface area contributed by atoms with Gasteiger partial charge in [0.2, 0.25) is 0 Å². The maximum atomic E-state index is 11.8. The van der Waals surface area contributed by atoms with Gasteiger partial charge >= 0.3 is 6.03 Å². The molecule has 2 aliphatic heterocycles. The summed E-state index contributed by atoms with van der Waals surface area (Å²) < 4.78 is 8.01. The normalized spacial score (nSPS) is 21.1. The molecule has 138 valence electrons. The molecule has 3 heterocycles. The van der Waals surface area contributed by atoms with Crippen LogP contribution in [0.5, 0.6) is 0 Å². The van der Waals surface area contributed by atoms with Crippen LogP contribution in [0.1, 0.15) is 26.5 Å². The predicted octanol–water partition coefficient (Wildman–Crippen LogP) is 2.80. The maximum absolute atomic E-state index is 11.8. The molecule has 25 heavy (non-hydrogen) atoms. The lowest BCUT2D eigenvalue weighted by atomic mass is 10.2. The van der Waals surface area contributed by atoms with E-state index in [1.165, 1.54) is 0 Å². The average molecular weight is 365 g/mol. The van der Waals surface area contributed by atoms with E-state index in [0.29, 0.717) is 19.7 Å². The van der Waals surface area contributed by atoms with Gasteiger partial charge in [0, 0.05) is 25.8 Å². The highest BCUT2D eigenvalue weighted by atomic mass is 28.4. The van der Waals surface area contributed by atoms with Gasteiger partial charge in [0.05, 0.1) is 24.0 Å². The van der Waals surface area contributed by atoms with Crippen LogP contribution in [0.4, 0.5) is 4.79 Å². The molecule has 0 radical (unpaired) electrons. The van der Waals surface area contributed by atoms with Crippen LogP contribution in [-0.2, 0) is 10.8 Å². The summed E-state index contributed by atoms with van der Waals surface area (Å²) in [4.78, 5) is 13.4. The first-order valence-electron chi connectivity index (χ1n) is 8.75. The van der Waals surface area contributed by atoms with E-state index >= 15 is 0 Å². The number of hydrogen-bond donors (Lipinski definition) is 1. The van der Waals surface area contributed by atoms with Crippen LogP contribution in [0.25, 0.3) is 5.70 Å². The van der Waals surface area contributed by atoms with Crippen molar-refractivity contribution in [1.82, 2.24) is 19.7 Å². The lowest BCUT2D eigenvalue weighted by Gasteiger charge is -2.36. The van der Waals surface area contributed by atoms with Gasteiger partial charge in [-0.15, -0.1) is 0 Å². The first-order chi connectivity index (χ1) is 11.6. The summed E-state index contributed by atoms with van der Waals surface area (Å²) in [6, 6.07) is 1.36. The molecule has 0 saturated carbocycles. The lowest BCUT2D eigenvalue weighted by Crippen LogP contribution is -2.41. The number of aromatic nitrogens is 2. The van der Waals surface area contributed by atoms with Crippen LogP contribution < -0.4 is 0 Å². The molecule has 8 heteroatoms. The highest BCUT2D eigenvalue weighted by Crippen LogP contribution is 2.36. The molecule has 1 saturated heterocycles. The van der Waals surface area contributed by atoms with E-state index in [1.54, 1.807) is 9.58 Å². The maximum Gasteiger partial charge on any atom is 0.344 e. The lowest BCUT2D eigenvalue weighted by molar-refractivity contribution is -0.0450. The Morgan fingerprint density at radius 2 is 2.12 bits per heavy atom. The second-order valence-corrected chi connectivity index (χ2v) is 13.2. The molecule has 1 aromatic heterocycles. The Morgan fingerprint density at radius 3 is 2.76 bits per heavy atom. The molecule has 1 N–H and O–H groups in total. The number of carbonyl (C=O) groups is 1. The number of nitrogens with zero attached hydrogens (tertiary/aromatic N) is 4. The van der Waals surface area contributed by atoms with E-state index in [-0.39, 0.29) is 17.1 Å². The molecule has 1 unspecified atom stereocenters. The largest absolute Gasteiger partial charge is 0.416 e. The Labute approximate surface area is 149 Å². The third-order valence-electron chi connectivity index (χ3n) is 5.49. The minimum Gasteiger partial charge on any atom is -0.416 e. The molecule has 2 aliphatic rings. The quantitative estimate of drug-likeness (QED) is 0.644. The summed E-state index contributed by atoms with van der Waals surface area (Å²) in [5, 5.41) is 15.4. The molecule has 0 aliphatic carbocycles. The minimum atomic E-state index is -1.73. The number of fused-ring (bicyclic) bond motifs is 2.